The lowest BCUT2D eigenvalue weighted by atomic mass is 10.1. The molecule has 94 valence electrons. The van der Waals surface area contributed by atoms with Gasteiger partial charge in [-0.3, -0.25) is 4.79 Å². The number of amides is 1. The van der Waals surface area contributed by atoms with Gasteiger partial charge >= 0.3 is 0 Å². The molecule has 1 saturated heterocycles. The van der Waals surface area contributed by atoms with Gasteiger partial charge in [0, 0.05) is 19.2 Å². The molecule has 0 aromatic heterocycles. The maximum Gasteiger partial charge on any atom is 0.253 e. The molecule has 1 aromatic rings. The van der Waals surface area contributed by atoms with E-state index in [4.69, 9.17) is 10.00 Å². The van der Waals surface area contributed by atoms with Crippen molar-refractivity contribution in [2.45, 2.75) is 25.5 Å². The highest BCUT2D eigenvalue weighted by molar-refractivity contribution is 5.94. The lowest BCUT2D eigenvalue weighted by molar-refractivity contribution is 0.0574. The summed E-state index contributed by atoms with van der Waals surface area (Å²) in [6.45, 7) is 2.68. The van der Waals surface area contributed by atoms with Crippen LogP contribution in [0.5, 0.6) is 0 Å². The summed E-state index contributed by atoms with van der Waals surface area (Å²) < 4.78 is 5.47. The number of likely N-dealkylation sites (N-methyl/N-ethyl adjacent to an activating group) is 1. The zero-order valence-electron chi connectivity index (χ0n) is 10.6. The number of hydrogen-bond donors (Lipinski definition) is 0. The van der Waals surface area contributed by atoms with Crippen LogP contribution in [0.1, 0.15) is 29.3 Å². The molecule has 1 aliphatic heterocycles. The molecule has 1 heterocycles. The van der Waals surface area contributed by atoms with Crippen molar-refractivity contribution in [3.63, 3.8) is 0 Å². The molecule has 1 fully saturated rings. The average Bonchev–Trinajstić information content (AvgIpc) is 2.83. The summed E-state index contributed by atoms with van der Waals surface area (Å²) in [6.07, 6.45) is 0.930. The molecule has 2 atom stereocenters. The van der Waals surface area contributed by atoms with E-state index in [9.17, 15) is 4.79 Å². The fraction of sp³-hybridized carbons (Fsp3) is 0.429. The Kier molecular flexibility index (Phi) is 3.63. The molecule has 1 aromatic carbocycles. The fourth-order valence-corrected chi connectivity index (χ4v) is 2.31. The van der Waals surface area contributed by atoms with Crippen LogP contribution >= 0.6 is 0 Å². The van der Waals surface area contributed by atoms with Crippen molar-refractivity contribution >= 4 is 5.91 Å². The van der Waals surface area contributed by atoms with Crippen molar-refractivity contribution in [2.75, 3.05) is 13.7 Å². The lowest BCUT2D eigenvalue weighted by Gasteiger charge is -2.26. The summed E-state index contributed by atoms with van der Waals surface area (Å²) in [5.41, 5.74) is 1.06. The van der Waals surface area contributed by atoms with Gasteiger partial charge in [0.15, 0.2) is 0 Å². The van der Waals surface area contributed by atoms with E-state index in [1.54, 1.807) is 36.2 Å². The molecular weight excluding hydrogens is 228 g/mol. The molecule has 1 amide bonds. The van der Waals surface area contributed by atoms with E-state index in [1.165, 1.54) is 0 Å². The van der Waals surface area contributed by atoms with Crippen LogP contribution in [0.2, 0.25) is 0 Å². The topological polar surface area (TPSA) is 53.3 Å². The molecule has 4 nitrogen and oxygen atoms in total. The van der Waals surface area contributed by atoms with Crippen molar-refractivity contribution in [3.8, 4) is 6.07 Å². The Morgan fingerprint density at radius 1 is 1.56 bits per heavy atom. The maximum absolute atomic E-state index is 12.3. The number of ether oxygens (including phenoxy) is 1. The van der Waals surface area contributed by atoms with Gasteiger partial charge in [0.2, 0.25) is 0 Å². The molecule has 0 bridgehead atoms. The first-order valence-corrected chi connectivity index (χ1v) is 6.02. The molecule has 0 spiro atoms. The molecule has 1 aliphatic rings. The van der Waals surface area contributed by atoms with Gasteiger partial charge in [-0.2, -0.15) is 5.26 Å². The van der Waals surface area contributed by atoms with Crippen molar-refractivity contribution in [2.24, 2.45) is 0 Å². The zero-order valence-corrected chi connectivity index (χ0v) is 10.6. The Morgan fingerprint density at radius 3 is 2.94 bits per heavy atom. The lowest BCUT2D eigenvalue weighted by Crippen LogP contribution is -2.41. The zero-order chi connectivity index (χ0) is 13.1. The van der Waals surface area contributed by atoms with Gasteiger partial charge in [-0.05, 0) is 31.5 Å². The Hall–Kier alpha value is -1.86. The molecular formula is C14H16N2O2. The van der Waals surface area contributed by atoms with Crippen molar-refractivity contribution < 1.29 is 9.53 Å². The van der Waals surface area contributed by atoms with Gasteiger partial charge in [0.25, 0.3) is 5.91 Å². The first kappa shape index (κ1) is 12.6. The van der Waals surface area contributed by atoms with Crippen LogP contribution < -0.4 is 0 Å². The highest BCUT2D eigenvalue weighted by atomic mass is 16.5. The Balaban J connectivity index is 2.17. The first-order chi connectivity index (χ1) is 8.63. The minimum absolute atomic E-state index is 0.0607. The summed E-state index contributed by atoms with van der Waals surface area (Å²) in [4.78, 5) is 14.0. The number of carbonyl (C=O) groups excluding carboxylic acids is 1. The van der Waals surface area contributed by atoms with E-state index < -0.39 is 0 Å². The van der Waals surface area contributed by atoms with Gasteiger partial charge in [0.1, 0.15) is 0 Å². The van der Waals surface area contributed by atoms with Crippen LogP contribution in [-0.2, 0) is 4.74 Å². The van der Waals surface area contributed by atoms with Crippen LogP contribution in [0.25, 0.3) is 0 Å². The number of nitrogens with zero attached hydrogens (tertiary/aromatic N) is 2. The van der Waals surface area contributed by atoms with Crippen molar-refractivity contribution in [3.05, 3.63) is 35.4 Å². The molecule has 18 heavy (non-hydrogen) atoms. The van der Waals surface area contributed by atoms with E-state index in [0.29, 0.717) is 17.7 Å². The van der Waals surface area contributed by atoms with E-state index in [-0.39, 0.29) is 18.1 Å². The van der Waals surface area contributed by atoms with Crippen LogP contribution in [0.4, 0.5) is 0 Å². The van der Waals surface area contributed by atoms with Crippen LogP contribution in [0, 0.1) is 11.3 Å². The van der Waals surface area contributed by atoms with Crippen molar-refractivity contribution in [1.29, 1.82) is 5.26 Å². The molecule has 2 unspecified atom stereocenters. The second-order valence-corrected chi connectivity index (χ2v) is 4.54. The van der Waals surface area contributed by atoms with Gasteiger partial charge in [-0.15, -0.1) is 0 Å². The number of carbonyl (C=O) groups is 1. The normalized spacial score (nSPS) is 22.5. The number of rotatable bonds is 2. The maximum atomic E-state index is 12.3. The smallest absolute Gasteiger partial charge is 0.253 e. The Morgan fingerprint density at radius 2 is 2.33 bits per heavy atom. The van der Waals surface area contributed by atoms with Crippen LogP contribution in [-0.4, -0.2) is 36.6 Å². The highest BCUT2D eigenvalue weighted by Gasteiger charge is 2.30. The second kappa shape index (κ2) is 5.19. The highest BCUT2D eigenvalue weighted by Crippen LogP contribution is 2.20. The molecule has 4 heteroatoms. The second-order valence-electron chi connectivity index (χ2n) is 4.54. The number of nitriles is 1. The standard InChI is InChI=1S/C14H16N2O2/c1-10-13(6-7-18-10)16(2)14(17)12-5-3-4-11(8-12)9-15/h3-5,8,10,13H,6-7H2,1-2H3. The van der Waals surface area contributed by atoms with E-state index in [1.807, 2.05) is 13.0 Å². The quantitative estimate of drug-likeness (QED) is 0.797. The first-order valence-electron chi connectivity index (χ1n) is 6.02. The summed E-state index contributed by atoms with van der Waals surface area (Å²) in [5, 5.41) is 8.84. The minimum Gasteiger partial charge on any atom is -0.376 e. The van der Waals surface area contributed by atoms with Gasteiger partial charge in [-0.25, -0.2) is 0 Å². The summed E-state index contributed by atoms with van der Waals surface area (Å²) in [7, 11) is 1.79. The number of benzene rings is 1. The molecule has 2 rings (SSSR count). The van der Waals surface area contributed by atoms with Crippen LogP contribution in [0.3, 0.4) is 0 Å². The Bertz CT molecular complexity index is 493. The molecule has 0 aliphatic carbocycles. The molecule has 0 N–H and O–H groups in total. The predicted molar refractivity (Wildman–Crippen MR) is 67.1 cm³/mol. The monoisotopic (exact) mass is 244 g/mol. The average molecular weight is 244 g/mol. The number of hydrogen-bond acceptors (Lipinski definition) is 3. The van der Waals surface area contributed by atoms with E-state index >= 15 is 0 Å². The third-order valence-electron chi connectivity index (χ3n) is 3.39. The van der Waals surface area contributed by atoms with E-state index in [2.05, 4.69) is 0 Å². The summed E-state index contributed by atoms with van der Waals surface area (Å²) in [5.74, 6) is -0.0607. The third-order valence-corrected chi connectivity index (χ3v) is 3.39. The largest absolute Gasteiger partial charge is 0.376 e. The van der Waals surface area contributed by atoms with Gasteiger partial charge in [-0.1, -0.05) is 6.07 Å². The Labute approximate surface area is 107 Å². The third kappa shape index (κ3) is 2.36. The fourth-order valence-electron chi connectivity index (χ4n) is 2.31. The molecule has 0 saturated carbocycles. The minimum atomic E-state index is -0.0607. The summed E-state index contributed by atoms with van der Waals surface area (Å²) in [6, 6.07) is 8.94. The van der Waals surface area contributed by atoms with Gasteiger partial charge < -0.3 is 9.64 Å². The SMILES string of the molecule is CC1OCCC1N(C)C(=O)c1cccc(C#N)c1. The summed E-state index contributed by atoms with van der Waals surface area (Å²) >= 11 is 0. The predicted octanol–water partition coefficient (Wildman–Crippen LogP) is 1.81. The van der Waals surface area contributed by atoms with Crippen molar-refractivity contribution in [1.82, 2.24) is 4.90 Å². The van der Waals surface area contributed by atoms with E-state index in [0.717, 1.165) is 6.42 Å². The van der Waals surface area contributed by atoms with Crippen LogP contribution in [0.15, 0.2) is 24.3 Å². The van der Waals surface area contributed by atoms with Gasteiger partial charge in [0.05, 0.1) is 23.8 Å². The molecule has 0 radical (unpaired) electrons.